The lowest BCUT2D eigenvalue weighted by Crippen LogP contribution is -2.20. The fourth-order valence-electron chi connectivity index (χ4n) is 2.63. The first kappa shape index (κ1) is 11.9. The van der Waals surface area contributed by atoms with Crippen molar-refractivity contribution in [2.45, 2.75) is 6.04 Å². The van der Waals surface area contributed by atoms with E-state index in [-0.39, 0.29) is 6.04 Å². The number of hydrogen-bond donors (Lipinski definition) is 1. The monoisotopic (exact) mass is 251 g/mol. The van der Waals surface area contributed by atoms with Gasteiger partial charge in [0.2, 0.25) is 0 Å². The molecule has 3 nitrogen and oxygen atoms in total. The summed E-state index contributed by atoms with van der Waals surface area (Å²) in [5.41, 5.74) is 2.45. The summed E-state index contributed by atoms with van der Waals surface area (Å²) in [6, 6.07) is 17.1. The van der Waals surface area contributed by atoms with Crippen LogP contribution in [0.5, 0.6) is 0 Å². The average Bonchev–Trinajstić information content (AvgIpc) is 2.86. The third-order valence-corrected chi connectivity index (χ3v) is 3.58. The zero-order valence-corrected chi connectivity index (χ0v) is 11.2. The van der Waals surface area contributed by atoms with Crippen LogP contribution in [0.3, 0.4) is 0 Å². The highest BCUT2D eigenvalue weighted by Crippen LogP contribution is 2.28. The van der Waals surface area contributed by atoms with E-state index in [1.807, 2.05) is 25.0 Å². The Hall–Kier alpha value is -2.13. The van der Waals surface area contributed by atoms with Crippen LogP contribution in [0.2, 0.25) is 0 Å². The fourth-order valence-corrected chi connectivity index (χ4v) is 2.63. The molecule has 0 saturated carbocycles. The zero-order chi connectivity index (χ0) is 13.2. The lowest BCUT2D eigenvalue weighted by molar-refractivity contribution is 0.609. The topological polar surface area (TPSA) is 29.9 Å². The number of aromatic nitrogens is 2. The maximum atomic E-state index is 4.27. The minimum absolute atomic E-state index is 0.151. The SMILES string of the molecule is CNC(c1cccc2ccccc12)c1ccnn1C. The van der Waals surface area contributed by atoms with Crippen LogP contribution in [0, 0.1) is 0 Å². The summed E-state index contributed by atoms with van der Waals surface area (Å²) < 4.78 is 1.92. The van der Waals surface area contributed by atoms with Crippen LogP contribution >= 0.6 is 0 Å². The number of fused-ring (bicyclic) bond motifs is 1. The van der Waals surface area contributed by atoms with Crippen molar-refractivity contribution in [3.8, 4) is 0 Å². The van der Waals surface area contributed by atoms with E-state index in [1.54, 1.807) is 0 Å². The molecule has 96 valence electrons. The normalized spacial score (nSPS) is 12.7. The van der Waals surface area contributed by atoms with Crippen LogP contribution in [0.1, 0.15) is 17.3 Å². The second kappa shape index (κ2) is 4.86. The van der Waals surface area contributed by atoms with Gasteiger partial charge in [0.15, 0.2) is 0 Å². The highest BCUT2D eigenvalue weighted by Gasteiger charge is 2.17. The lowest BCUT2D eigenvalue weighted by atomic mass is 9.97. The van der Waals surface area contributed by atoms with Gasteiger partial charge in [0.1, 0.15) is 0 Å². The Kier molecular flexibility index (Phi) is 3.05. The van der Waals surface area contributed by atoms with Crippen molar-refractivity contribution in [1.82, 2.24) is 15.1 Å². The third-order valence-electron chi connectivity index (χ3n) is 3.58. The molecule has 3 rings (SSSR count). The number of hydrogen-bond acceptors (Lipinski definition) is 2. The van der Waals surface area contributed by atoms with Crippen LogP contribution in [-0.4, -0.2) is 16.8 Å². The van der Waals surface area contributed by atoms with Crippen LogP contribution in [0.15, 0.2) is 54.7 Å². The Morgan fingerprint density at radius 1 is 1.05 bits per heavy atom. The smallest absolute Gasteiger partial charge is 0.0751 e. The molecule has 0 radical (unpaired) electrons. The van der Waals surface area contributed by atoms with Gasteiger partial charge in [-0.1, -0.05) is 42.5 Å². The van der Waals surface area contributed by atoms with Gasteiger partial charge < -0.3 is 5.32 Å². The molecule has 2 aromatic carbocycles. The van der Waals surface area contributed by atoms with Crippen molar-refractivity contribution in [2.75, 3.05) is 7.05 Å². The summed E-state index contributed by atoms with van der Waals surface area (Å²) in [4.78, 5) is 0. The van der Waals surface area contributed by atoms with Gasteiger partial charge in [-0.05, 0) is 29.4 Å². The lowest BCUT2D eigenvalue weighted by Gasteiger charge is -2.19. The molecule has 0 amide bonds. The van der Waals surface area contributed by atoms with E-state index in [2.05, 4.69) is 58.9 Å². The fraction of sp³-hybridized carbons (Fsp3) is 0.188. The van der Waals surface area contributed by atoms with Crippen LogP contribution in [0.25, 0.3) is 10.8 Å². The average molecular weight is 251 g/mol. The molecule has 1 heterocycles. The zero-order valence-electron chi connectivity index (χ0n) is 11.2. The Bertz CT molecular complexity index is 695. The molecule has 0 fully saturated rings. The van der Waals surface area contributed by atoms with Gasteiger partial charge in [-0.3, -0.25) is 4.68 Å². The van der Waals surface area contributed by atoms with Crippen molar-refractivity contribution in [3.05, 3.63) is 66.0 Å². The summed E-state index contributed by atoms with van der Waals surface area (Å²) in [6.07, 6.45) is 1.84. The molecule has 19 heavy (non-hydrogen) atoms. The second-order valence-electron chi connectivity index (χ2n) is 4.67. The molecule has 0 bridgehead atoms. The van der Waals surface area contributed by atoms with Crippen molar-refractivity contribution in [3.63, 3.8) is 0 Å². The molecule has 1 unspecified atom stereocenters. The molecular weight excluding hydrogens is 234 g/mol. The first-order valence-electron chi connectivity index (χ1n) is 6.44. The van der Waals surface area contributed by atoms with Gasteiger partial charge in [-0.25, -0.2) is 0 Å². The largest absolute Gasteiger partial charge is 0.308 e. The molecule has 1 aromatic heterocycles. The highest BCUT2D eigenvalue weighted by atomic mass is 15.3. The molecule has 0 aliphatic carbocycles. The number of nitrogens with one attached hydrogen (secondary N) is 1. The van der Waals surface area contributed by atoms with E-state index < -0.39 is 0 Å². The van der Waals surface area contributed by atoms with Gasteiger partial charge in [0, 0.05) is 13.2 Å². The number of nitrogens with zero attached hydrogens (tertiary/aromatic N) is 2. The predicted molar refractivity (Wildman–Crippen MR) is 78.1 cm³/mol. The summed E-state index contributed by atoms with van der Waals surface area (Å²) in [5, 5.41) is 10.2. The molecular formula is C16H17N3. The Labute approximate surface area is 112 Å². The molecule has 3 aromatic rings. The molecule has 1 N–H and O–H groups in total. The summed E-state index contributed by atoms with van der Waals surface area (Å²) in [6.45, 7) is 0. The maximum Gasteiger partial charge on any atom is 0.0751 e. The first-order chi connectivity index (χ1) is 9.31. The number of aryl methyl sites for hydroxylation is 1. The van der Waals surface area contributed by atoms with Gasteiger partial charge >= 0.3 is 0 Å². The van der Waals surface area contributed by atoms with Crippen LogP contribution in [-0.2, 0) is 7.05 Å². The summed E-state index contributed by atoms with van der Waals surface area (Å²) >= 11 is 0. The molecule has 0 aliphatic heterocycles. The molecule has 0 saturated heterocycles. The van der Waals surface area contributed by atoms with Gasteiger partial charge in [0.25, 0.3) is 0 Å². The molecule has 1 atom stereocenters. The van der Waals surface area contributed by atoms with Gasteiger partial charge in [0.05, 0.1) is 11.7 Å². The van der Waals surface area contributed by atoms with E-state index in [0.29, 0.717) is 0 Å². The van der Waals surface area contributed by atoms with E-state index in [9.17, 15) is 0 Å². The molecule has 3 heteroatoms. The Morgan fingerprint density at radius 3 is 2.58 bits per heavy atom. The second-order valence-corrected chi connectivity index (χ2v) is 4.67. The number of rotatable bonds is 3. The third kappa shape index (κ3) is 2.02. The first-order valence-corrected chi connectivity index (χ1v) is 6.44. The van der Waals surface area contributed by atoms with E-state index in [0.717, 1.165) is 0 Å². The minimum Gasteiger partial charge on any atom is -0.308 e. The van der Waals surface area contributed by atoms with E-state index in [1.165, 1.54) is 22.0 Å². The van der Waals surface area contributed by atoms with E-state index in [4.69, 9.17) is 0 Å². The van der Waals surface area contributed by atoms with Crippen LogP contribution in [0.4, 0.5) is 0 Å². The number of benzene rings is 2. The predicted octanol–water partition coefficient (Wildman–Crippen LogP) is 2.88. The van der Waals surface area contributed by atoms with Crippen molar-refractivity contribution < 1.29 is 0 Å². The van der Waals surface area contributed by atoms with E-state index >= 15 is 0 Å². The van der Waals surface area contributed by atoms with Crippen molar-refractivity contribution in [1.29, 1.82) is 0 Å². The Morgan fingerprint density at radius 2 is 1.84 bits per heavy atom. The summed E-state index contributed by atoms with van der Waals surface area (Å²) in [7, 11) is 3.96. The van der Waals surface area contributed by atoms with Crippen molar-refractivity contribution in [2.24, 2.45) is 7.05 Å². The Balaban J connectivity index is 2.20. The molecule has 0 aliphatic rings. The standard InChI is InChI=1S/C16H17N3/c1-17-16(15-10-11-18-19(15)2)14-9-5-7-12-6-3-4-8-13(12)14/h3-11,16-17H,1-2H3. The van der Waals surface area contributed by atoms with Crippen molar-refractivity contribution >= 4 is 10.8 Å². The minimum atomic E-state index is 0.151. The van der Waals surface area contributed by atoms with Crippen LogP contribution < -0.4 is 5.32 Å². The highest BCUT2D eigenvalue weighted by molar-refractivity contribution is 5.86. The summed E-state index contributed by atoms with van der Waals surface area (Å²) in [5.74, 6) is 0. The van der Waals surface area contributed by atoms with Gasteiger partial charge in [-0.2, -0.15) is 5.10 Å². The quantitative estimate of drug-likeness (QED) is 0.775. The van der Waals surface area contributed by atoms with Gasteiger partial charge in [-0.15, -0.1) is 0 Å². The molecule has 0 spiro atoms. The maximum absolute atomic E-state index is 4.27.